The molecule has 0 aromatic rings. The molecule has 1 atom stereocenters. The van der Waals surface area contributed by atoms with Gasteiger partial charge in [-0.15, -0.1) is 0 Å². The fraction of sp³-hybridized carbons (Fsp3) is 0.867. The molecule has 0 aromatic heterocycles. The lowest BCUT2D eigenvalue weighted by molar-refractivity contribution is -0.188. The average molecular weight is 296 g/mol. The summed E-state index contributed by atoms with van der Waals surface area (Å²) in [6.07, 6.45) is 3.31. The van der Waals surface area contributed by atoms with Crippen LogP contribution in [0.1, 0.15) is 32.6 Å². The molecule has 0 aromatic carbocycles. The first-order valence-corrected chi connectivity index (χ1v) is 7.92. The van der Waals surface area contributed by atoms with Gasteiger partial charge in [0.15, 0.2) is 5.79 Å². The summed E-state index contributed by atoms with van der Waals surface area (Å²) in [5.74, 6) is -0.219. The van der Waals surface area contributed by atoms with Gasteiger partial charge in [0.2, 0.25) is 11.8 Å². The van der Waals surface area contributed by atoms with Gasteiger partial charge in [-0.25, -0.2) is 0 Å². The molecule has 1 unspecified atom stereocenters. The van der Waals surface area contributed by atoms with Crippen molar-refractivity contribution in [3.63, 3.8) is 0 Å². The first-order valence-electron chi connectivity index (χ1n) is 7.92. The number of hydrogen-bond donors (Lipinski definition) is 0. The molecule has 0 saturated carbocycles. The molecule has 3 heterocycles. The molecule has 3 aliphatic heterocycles. The quantitative estimate of drug-likeness (QED) is 0.711. The summed E-state index contributed by atoms with van der Waals surface area (Å²) >= 11 is 0. The lowest BCUT2D eigenvalue weighted by Crippen LogP contribution is -2.51. The van der Waals surface area contributed by atoms with Gasteiger partial charge < -0.3 is 19.3 Å². The highest BCUT2D eigenvalue weighted by atomic mass is 16.7. The monoisotopic (exact) mass is 296 g/mol. The smallest absolute Gasteiger partial charge is 0.227 e. The van der Waals surface area contributed by atoms with Gasteiger partial charge in [-0.1, -0.05) is 0 Å². The van der Waals surface area contributed by atoms with E-state index in [4.69, 9.17) is 9.47 Å². The molecule has 2 amide bonds. The van der Waals surface area contributed by atoms with Crippen molar-refractivity contribution in [3.05, 3.63) is 0 Å². The van der Waals surface area contributed by atoms with Crippen LogP contribution in [-0.4, -0.2) is 66.8 Å². The van der Waals surface area contributed by atoms with E-state index < -0.39 is 5.79 Å². The van der Waals surface area contributed by atoms with Crippen molar-refractivity contribution in [2.24, 2.45) is 5.92 Å². The second-order valence-corrected chi connectivity index (χ2v) is 6.24. The third kappa shape index (κ3) is 3.06. The van der Waals surface area contributed by atoms with Crippen molar-refractivity contribution in [2.75, 3.05) is 39.4 Å². The molecule has 118 valence electrons. The molecular weight excluding hydrogens is 272 g/mol. The largest absolute Gasteiger partial charge is 0.347 e. The molecule has 3 fully saturated rings. The van der Waals surface area contributed by atoms with Gasteiger partial charge in [0.25, 0.3) is 0 Å². The number of likely N-dealkylation sites (tertiary alicyclic amines) is 2. The van der Waals surface area contributed by atoms with Crippen molar-refractivity contribution < 1.29 is 19.1 Å². The summed E-state index contributed by atoms with van der Waals surface area (Å²) in [4.78, 5) is 27.8. The van der Waals surface area contributed by atoms with Gasteiger partial charge in [0.05, 0.1) is 19.1 Å². The second-order valence-electron chi connectivity index (χ2n) is 6.24. The van der Waals surface area contributed by atoms with Gasteiger partial charge >= 0.3 is 0 Å². The Kier molecular flexibility index (Phi) is 4.17. The van der Waals surface area contributed by atoms with Crippen LogP contribution in [0.25, 0.3) is 0 Å². The molecule has 6 heteroatoms. The second kappa shape index (κ2) is 5.93. The highest BCUT2D eigenvalue weighted by Gasteiger charge is 2.42. The zero-order chi connectivity index (χ0) is 14.9. The van der Waals surface area contributed by atoms with Crippen LogP contribution in [0, 0.1) is 5.92 Å². The Bertz CT molecular complexity index is 410. The SMILES string of the molecule is CC(=O)N1CCCC(C(=O)N2CCC3(CC2)OCCO3)C1. The minimum Gasteiger partial charge on any atom is -0.347 e. The van der Waals surface area contributed by atoms with Gasteiger partial charge in [0.1, 0.15) is 0 Å². The van der Waals surface area contributed by atoms with Crippen molar-refractivity contribution in [1.29, 1.82) is 0 Å². The van der Waals surface area contributed by atoms with Gasteiger partial charge in [-0.05, 0) is 12.8 Å². The maximum atomic E-state index is 12.6. The van der Waals surface area contributed by atoms with E-state index in [0.717, 1.165) is 32.2 Å². The van der Waals surface area contributed by atoms with E-state index in [2.05, 4.69) is 0 Å². The maximum absolute atomic E-state index is 12.6. The highest BCUT2D eigenvalue weighted by molar-refractivity contribution is 5.81. The van der Waals surface area contributed by atoms with Crippen LogP contribution >= 0.6 is 0 Å². The van der Waals surface area contributed by atoms with Gasteiger partial charge in [0, 0.05) is 45.9 Å². The first kappa shape index (κ1) is 14.8. The molecule has 0 N–H and O–H groups in total. The van der Waals surface area contributed by atoms with Crippen molar-refractivity contribution in [1.82, 2.24) is 9.80 Å². The predicted octanol–water partition coefficient (Wildman–Crippen LogP) is 0.610. The van der Waals surface area contributed by atoms with Crippen LogP contribution in [0.5, 0.6) is 0 Å². The third-order valence-corrected chi connectivity index (χ3v) is 4.87. The standard InChI is InChI=1S/C15H24N2O4/c1-12(18)17-6-2-3-13(11-17)14(19)16-7-4-15(5-8-16)20-9-10-21-15/h13H,2-11H2,1H3. The van der Waals surface area contributed by atoms with Crippen LogP contribution in [-0.2, 0) is 19.1 Å². The topological polar surface area (TPSA) is 59.1 Å². The number of hydrogen-bond acceptors (Lipinski definition) is 4. The average Bonchev–Trinajstić information content (AvgIpc) is 2.96. The molecule has 21 heavy (non-hydrogen) atoms. The molecule has 3 saturated heterocycles. The summed E-state index contributed by atoms with van der Waals surface area (Å²) in [6.45, 7) is 5.62. The van der Waals surface area contributed by atoms with Crippen LogP contribution in [0.15, 0.2) is 0 Å². The molecule has 0 bridgehead atoms. The summed E-state index contributed by atoms with van der Waals surface area (Å²) in [7, 11) is 0. The fourth-order valence-corrected chi connectivity index (χ4v) is 3.58. The Morgan fingerprint density at radius 2 is 1.71 bits per heavy atom. The van der Waals surface area contributed by atoms with Crippen molar-refractivity contribution >= 4 is 11.8 Å². The maximum Gasteiger partial charge on any atom is 0.227 e. The van der Waals surface area contributed by atoms with Crippen molar-refractivity contribution in [2.45, 2.75) is 38.4 Å². The minimum absolute atomic E-state index is 0.0397. The van der Waals surface area contributed by atoms with Crippen LogP contribution in [0.2, 0.25) is 0 Å². The summed E-state index contributed by atoms with van der Waals surface area (Å²) in [5, 5.41) is 0. The molecule has 3 aliphatic rings. The fourth-order valence-electron chi connectivity index (χ4n) is 3.58. The number of rotatable bonds is 1. The number of amides is 2. The molecule has 0 radical (unpaired) electrons. The van der Waals surface area contributed by atoms with Crippen LogP contribution in [0.3, 0.4) is 0 Å². The van der Waals surface area contributed by atoms with E-state index in [0.29, 0.717) is 32.8 Å². The number of ether oxygens (including phenoxy) is 2. The molecule has 1 spiro atoms. The molecular formula is C15H24N2O4. The number of carbonyl (C=O) groups is 2. The van der Waals surface area contributed by atoms with E-state index in [9.17, 15) is 9.59 Å². The normalized spacial score (nSPS) is 28.9. The van der Waals surface area contributed by atoms with E-state index in [1.807, 2.05) is 4.90 Å². The van der Waals surface area contributed by atoms with E-state index in [-0.39, 0.29) is 17.7 Å². The highest BCUT2D eigenvalue weighted by Crippen LogP contribution is 2.32. The lowest BCUT2D eigenvalue weighted by atomic mass is 9.94. The molecule has 3 rings (SSSR count). The predicted molar refractivity (Wildman–Crippen MR) is 75.4 cm³/mol. The minimum atomic E-state index is -0.436. The zero-order valence-electron chi connectivity index (χ0n) is 12.7. The molecule has 6 nitrogen and oxygen atoms in total. The van der Waals surface area contributed by atoms with E-state index in [1.54, 1.807) is 11.8 Å². The third-order valence-electron chi connectivity index (χ3n) is 4.87. The Hall–Kier alpha value is -1.14. The summed E-state index contributed by atoms with van der Waals surface area (Å²) in [6, 6.07) is 0. The Labute approximate surface area is 125 Å². The van der Waals surface area contributed by atoms with Crippen molar-refractivity contribution in [3.8, 4) is 0 Å². The Balaban J connectivity index is 1.55. The Morgan fingerprint density at radius 3 is 2.33 bits per heavy atom. The number of piperidine rings is 2. The number of carbonyl (C=O) groups excluding carboxylic acids is 2. The Morgan fingerprint density at radius 1 is 1.05 bits per heavy atom. The van der Waals surface area contributed by atoms with E-state index in [1.165, 1.54) is 0 Å². The summed E-state index contributed by atoms with van der Waals surface area (Å²) in [5.41, 5.74) is 0. The zero-order valence-corrected chi connectivity index (χ0v) is 12.7. The molecule has 0 aliphatic carbocycles. The van der Waals surface area contributed by atoms with Gasteiger partial charge in [-0.3, -0.25) is 9.59 Å². The summed E-state index contributed by atoms with van der Waals surface area (Å²) < 4.78 is 11.4. The van der Waals surface area contributed by atoms with Gasteiger partial charge in [-0.2, -0.15) is 0 Å². The van der Waals surface area contributed by atoms with Crippen LogP contribution in [0.4, 0.5) is 0 Å². The number of nitrogens with zero attached hydrogens (tertiary/aromatic N) is 2. The van der Waals surface area contributed by atoms with Crippen LogP contribution < -0.4 is 0 Å². The first-order chi connectivity index (χ1) is 10.1. The van der Waals surface area contributed by atoms with E-state index >= 15 is 0 Å². The lowest BCUT2D eigenvalue weighted by Gasteiger charge is -2.40.